The minimum atomic E-state index is -0.522. The lowest BCUT2D eigenvalue weighted by atomic mass is 9.75. The van der Waals surface area contributed by atoms with Crippen LogP contribution in [0.25, 0.3) is 0 Å². The summed E-state index contributed by atoms with van der Waals surface area (Å²) in [5.41, 5.74) is 2.01. The largest absolute Gasteiger partial charge is 0.348 e. The zero-order valence-corrected chi connectivity index (χ0v) is 18.1. The standard InChI is InChI=1S/C25H25N3O4/c1-25(2)12-20-18(21(29)13-25)11-19(24(32)27-20)23(31)26-14-16-6-8-17(9-7-16)15-28-10-4-3-5-22(28)30/h3-11H,12-15H2,1-2H3,(H,26,31)(H,27,32). The molecule has 0 spiro atoms. The van der Waals surface area contributed by atoms with Gasteiger partial charge in [-0.15, -0.1) is 0 Å². The second kappa shape index (κ2) is 8.42. The van der Waals surface area contributed by atoms with Gasteiger partial charge in [0, 0.05) is 36.5 Å². The SMILES string of the molecule is CC1(C)CC(=O)c2cc(C(=O)NCc3ccc(Cn4ccccc4=O)cc3)c(=O)[nH]c2C1. The van der Waals surface area contributed by atoms with Gasteiger partial charge in [0.1, 0.15) is 5.56 Å². The Hall–Kier alpha value is -3.74. The molecule has 32 heavy (non-hydrogen) atoms. The van der Waals surface area contributed by atoms with E-state index in [2.05, 4.69) is 10.3 Å². The zero-order valence-electron chi connectivity index (χ0n) is 18.1. The molecule has 0 aliphatic heterocycles. The highest BCUT2D eigenvalue weighted by molar-refractivity contribution is 6.02. The van der Waals surface area contributed by atoms with Gasteiger partial charge in [-0.05, 0) is 35.1 Å². The highest BCUT2D eigenvalue weighted by Gasteiger charge is 2.32. The van der Waals surface area contributed by atoms with Gasteiger partial charge in [-0.2, -0.15) is 0 Å². The maximum atomic E-state index is 12.6. The molecule has 3 aromatic rings. The van der Waals surface area contributed by atoms with Crippen LogP contribution in [-0.4, -0.2) is 21.2 Å². The Morgan fingerprint density at radius 1 is 1.03 bits per heavy atom. The molecule has 2 heterocycles. The van der Waals surface area contributed by atoms with E-state index in [0.717, 1.165) is 11.1 Å². The normalized spacial score (nSPS) is 14.6. The van der Waals surface area contributed by atoms with Crippen LogP contribution in [0, 0.1) is 5.41 Å². The van der Waals surface area contributed by atoms with Gasteiger partial charge in [-0.25, -0.2) is 0 Å². The summed E-state index contributed by atoms with van der Waals surface area (Å²) >= 11 is 0. The van der Waals surface area contributed by atoms with Crippen LogP contribution in [0.15, 0.2) is 64.3 Å². The number of benzene rings is 1. The van der Waals surface area contributed by atoms with Crippen molar-refractivity contribution in [1.29, 1.82) is 0 Å². The summed E-state index contributed by atoms with van der Waals surface area (Å²) in [6, 6.07) is 14.0. The first kappa shape index (κ1) is 21.5. The lowest BCUT2D eigenvalue weighted by Crippen LogP contribution is -2.34. The molecule has 7 nitrogen and oxygen atoms in total. The van der Waals surface area contributed by atoms with Crippen molar-refractivity contribution in [1.82, 2.24) is 14.9 Å². The molecule has 1 aromatic carbocycles. The fraction of sp³-hybridized carbons (Fsp3) is 0.280. The topological polar surface area (TPSA) is 101 Å². The first-order chi connectivity index (χ1) is 15.2. The molecule has 0 saturated heterocycles. The number of ketones is 1. The number of H-pyrrole nitrogens is 1. The van der Waals surface area contributed by atoms with Gasteiger partial charge < -0.3 is 14.9 Å². The van der Waals surface area contributed by atoms with E-state index in [1.54, 1.807) is 16.8 Å². The average molecular weight is 431 g/mol. The van der Waals surface area contributed by atoms with Crippen molar-refractivity contribution in [3.63, 3.8) is 0 Å². The van der Waals surface area contributed by atoms with Crippen molar-refractivity contribution < 1.29 is 9.59 Å². The van der Waals surface area contributed by atoms with E-state index in [-0.39, 0.29) is 28.9 Å². The van der Waals surface area contributed by atoms with Crippen LogP contribution in [0.1, 0.15) is 57.8 Å². The van der Waals surface area contributed by atoms with Crippen molar-refractivity contribution in [2.24, 2.45) is 5.41 Å². The van der Waals surface area contributed by atoms with Crippen LogP contribution in [-0.2, 0) is 19.5 Å². The predicted molar refractivity (Wildman–Crippen MR) is 121 cm³/mol. The Morgan fingerprint density at radius 2 is 1.75 bits per heavy atom. The number of carbonyl (C=O) groups is 2. The molecule has 0 unspecified atom stereocenters. The van der Waals surface area contributed by atoms with Gasteiger partial charge in [0.25, 0.3) is 17.0 Å². The Labute approximate surface area is 185 Å². The second-order valence-corrected chi connectivity index (χ2v) is 9.01. The number of aromatic amines is 1. The van der Waals surface area contributed by atoms with E-state index in [4.69, 9.17) is 0 Å². The van der Waals surface area contributed by atoms with E-state index in [1.165, 1.54) is 12.1 Å². The van der Waals surface area contributed by atoms with Crippen molar-refractivity contribution in [3.05, 3.63) is 103 Å². The van der Waals surface area contributed by atoms with Gasteiger partial charge in [0.2, 0.25) is 0 Å². The zero-order chi connectivity index (χ0) is 22.9. The second-order valence-electron chi connectivity index (χ2n) is 9.01. The van der Waals surface area contributed by atoms with E-state index >= 15 is 0 Å². The van der Waals surface area contributed by atoms with Crippen LogP contribution in [0.4, 0.5) is 0 Å². The summed E-state index contributed by atoms with van der Waals surface area (Å²) in [5.74, 6) is -0.582. The van der Waals surface area contributed by atoms with Crippen LogP contribution in [0.5, 0.6) is 0 Å². The summed E-state index contributed by atoms with van der Waals surface area (Å²) in [5, 5.41) is 2.75. The van der Waals surface area contributed by atoms with Crippen molar-refractivity contribution in [2.45, 2.75) is 39.8 Å². The number of nitrogens with zero attached hydrogens (tertiary/aromatic N) is 1. The van der Waals surface area contributed by atoms with Crippen molar-refractivity contribution in [2.75, 3.05) is 0 Å². The predicted octanol–water partition coefficient (Wildman–Crippen LogP) is 2.67. The molecule has 2 N–H and O–H groups in total. The Morgan fingerprint density at radius 3 is 2.47 bits per heavy atom. The number of carbonyl (C=O) groups excluding carboxylic acids is 2. The van der Waals surface area contributed by atoms with E-state index in [9.17, 15) is 19.2 Å². The number of fused-ring (bicyclic) bond motifs is 1. The number of amides is 1. The van der Waals surface area contributed by atoms with Crippen LogP contribution >= 0.6 is 0 Å². The molecule has 0 saturated carbocycles. The van der Waals surface area contributed by atoms with Crippen LogP contribution in [0.3, 0.4) is 0 Å². The number of pyridine rings is 2. The fourth-order valence-electron chi connectivity index (χ4n) is 4.02. The third-order valence-electron chi connectivity index (χ3n) is 5.69. The van der Waals surface area contributed by atoms with Gasteiger partial charge >= 0.3 is 0 Å². The highest BCUT2D eigenvalue weighted by atomic mass is 16.2. The van der Waals surface area contributed by atoms with E-state index < -0.39 is 11.5 Å². The van der Waals surface area contributed by atoms with Crippen molar-refractivity contribution in [3.8, 4) is 0 Å². The summed E-state index contributed by atoms with van der Waals surface area (Å²) in [6.45, 7) is 4.66. The van der Waals surface area contributed by atoms with Gasteiger partial charge in [-0.1, -0.05) is 44.2 Å². The Balaban J connectivity index is 1.43. The molecule has 1 aliphatic rings. The van der Waals surface area contributed by atoms with Gasteiger partial charge in [0.05, 0.1) is 6.54 Å². The Bertz CT molecular complexity index is 1300. The molecular formula is C25H25N3O4. The molecule has 1 amide bonds. The first-order valence-electron chi connectivity index (χ1n) is 10.5. The number of hydrogen-bond acceptors (Lipinski definition) is 4. The van der Waals surface area contributed by atoms with Crippen LogP contribution in [0.2, 0.25) is 0 Å². The molecule has 4 rings (SSSR count). The number of rotatable bonds is 5. The minimum Gasteiger partial charge on any atom is -0.348 e. The highest BCUT2D eigenvalue weighted by Crippen LogP contribution is 2.33. The number of hydrogen-bond donors (Lipinski definition) is 2. The molecule has 2 aromatic heterocycles. The number of Topliss-reactive ketones (excluding diaryl/α,β-unsaturated/α-hetero) is 1. The summed E-state index contributed by atoms with van der Waals surface area (Å²) in [6.07, 6.45) is 2.71. The third kappa shape index (κ3) is 4.61. The van der Waals surface area contributed by atoms with Gasteiger partial charge in [-0.3, -0.25) is 19.2 Å². The maximum absolute atomic E-state index is 12.6. The molecular weight excluding hydrogens is 406 g/mol. The van der Waals surface area contributed by atoms with Gasteiger partial charge in [0.15, 0.2) is 5.78 Å². The van der Waals surface area contributed by atoms with Crippen LogP contribution < -0.4 is 16.4 Å². The Kier molecular flexibility index (Phi) is 5.65. The lowest BCUT2D eigenvalue weighted by Gasteiger charge is -2.29. The summed E-state index contributed by atoms with van der Waals surface area (Å²) < 4.78 is 1.61. The first-order valence-corrected chi connectivity index (χ1v) is 10.5. The molecule has 1 aliphatic carbocycles. The molecule has 7 heteroatoms. The minimum absolute atomic E-state index is 0.0584. The smallest absolute Gasteiger partial charge is 0.261 e. The maximum Gasteiger partial charge on any atom is 0.261 e. The monoisotopic (exact) mass is 431 g/mol. The summed E-state index contributed by atoms with van der Waals surface area (Å²) in [4.78, 5) is 52.1. The third-order valence-corrected chi connectivity index (χ3v) is 5.69. The molecule has 0 fully saturated rings. The molecule has 0 radical (unpaired) electrons. The fourth-order valence-corrected chi connectivity index (χ4v) is 4.02. The average Bonchev–Trinajstić information content (AvgIpc) is 2.73. The van der Waals surface area contributed by atoms with E-state index in [0.29, 0.717) is 30.6 Å². The van der Waals surface area contributed by atoms with E-state index in [1.807, 2.05) is 44.2 Å². The molecule has 0 bridgehead atoms. The number of nitrogens with one attached hydrogen (secondary N) is 2. The molecule has 0 atom stereocenters. The van der Waals surface area contributed by atoms with Crippen molar-refractivity contribution >= 4 is 11.7 Å². The number of aromatic nitrogens is 2. The summed E-state index contributed by atoms with van der Waals surface area (Å²) in [7, 11) is 0. The quantitative estimate of drug-likeness (QED) is 0.649. The molecule has 164 valence electrons. The lowest BCUT2D eigenvalue weighted by molar-refractivity contribution is 0.0910.